The maximum Gasteiger partial charge on any atom is 0.251 e. The molecule has 2 aromatic rings. The number of carbonyl (C=O) groups excluding carboxylic acids is 1. The Morgan fingerprint density at radius 2 is 1.83 bits per heavy atom. The van der Waals surface area contributed by atoms with Crippen LogP contribution in [0.15, 0.2) is 47.4 Å². The fraction of sp³-hybridized carbons (Fsp3) is 0.188. The van der Waals surface area contributed by atoms with Gasteiger partial charge in [0.1, 0.15) is 10.7 Å². The van der Waals surface area contributed by atoms with Crippen LogP contribution in [0.25, 0.3) is 0 Å². The minimum Gasteiger partial charge on any atom is -0.352 e. The zero-order chi connectivity index (χ0) is 17.7. The molecule has 0 heterocycles. The molecule has 0 unspecified atom stereocenters. The average Bonchev–Trinajstić information content (AvgIpc) is 2.56. The van der Waals surface area contributed by atoms with Crippen LogP contribution >= 0.6 is 11.6 Å². The number of hydrogen-bond donors (Lipinski definition) is 2. The van der Waals surface area contributed by atoms with Crippen molar-refractivity contribution in [2.24, 2.45) is 0 Å². The molecule has 0 atom stereocenters. The molecule has 0 aliphatic heterocycles. The van der Waals surface area contributed by atoms with Crippen molar-refractivity contribution < 1.29 is 17.6 Å². The van der Waals surface area contributed by atoms with E-state index in [1.807, 2.05) is 0 Å². The van der Waals surface area contributed by atoms with Crippen molar-refractivity contribution in [3.05, 3.63) is 64.4 Å². The molecule has 1 amide bonds. The Balaban J connectivity index is 2.05. The molecule has 0 bridgehead atoms. The molecule has 2 aromatic carbocycles. The highest BCUT2D eigenvalue weighted by molar-refractivity contribution is 7.89. The second-order valence-electron chi connectivity index (χ2n) is 4.99. The molecular formula is C16H16ClFN2O3S. The van der Waals surface area contributed by atoms with E-state index in [-0.39, 0.29) is 21.3 Å². The first-order chi connectivity index (χ1) is 11.3. The van der Waals surface area contributed by atoms with Gasteiger partial charge in [-0.05, 0) is 49.4 Å². The van der Waals surface area contributed by atoms with Gasteiger partial charge in [-0.2, -0.15) is 0 Å². The molecule has 0 saturated heterocycles. The Morgan fingerprint density at radius 3 is 2.46 bits per heavy atom. The molecule has 24 heavy (non-hydrogen) atoms. The van der Waals surface area contributed by atoms with Crippen LogP contribution in [-0.2, 0) is 16.4 Å². The Labute approximate surface area is 144 Å². The van der Waals surface area contributed by atoms with Gasteiger partial charge in [-0.25, -0.2) is 17.5 Å². The highest BCUT2D eigenvalue weighted by atomic mass is 35.5. The molecule has 0 saturated carbocycles. The van der Waals surface area contributed by atoms with Crippen LogP contribution in [0.2, 0.25) is 5.02 Å². The fourth-order valence-corrected chi connectivity index (χ4v) is 3.28. The van der Waals surface area contributed by atoms with Gasteiger partial charge in [0.25, 0.3) is 5.91 Å². The summed E-state index contributed by atoms with van der Waals surface area (Å²) in [6.07, 6.45) is 0.529. The van der Waals surface area contributed by atoms with E-state index in [9.17, 15) is 17.6 Å². The Kier molecular flexibility index (Phi) is 5.93. The van der Waals surface area contributed by atoms with Crippen LogP contribution in [0.5, 0.6) is 0 Å². The summed E-state index contributed by atoms with van der Waals surface area (Å²) in [4.78, 5) is 12.0. The first-order valence-corrected chi connectivity index (χ1v) is 8.95. The van der Waals surface area contributed by atoms with E-state index in [4.69, 9.17) is 11.6 Å². The van der Waals surface area contributed by atoms with Gasteiger partial charge in [-0.3, -0.25) is 4.79 Å². The van der Waals surface area contributed by atoms with Crippen LogP contribution in [0.4, 0.5) is 4.39 Å². The van der Waals surface area contributed by atoms with E-state index < -0.39 is 15.9 Å². The van der Waals surface area contributed by atoms with Gasteiger partial charge < -0.3 is 5.32 Å². The molecule has 5 nitrogen and oxygen atoms in total. The third kappa shape index (κ3) is 4.53. The van der Waals surface area contributed by atoms with Gasteiger partial charge >= 0.3 is 0 Å². The minimum absolute atomic E-state index is 0.0345. The number of benzene rings is 2. The number of carbonyl (C=O) groups is 1. The first kappa shape index (κ1) is 18.4. The molecule has 2 rings (SSSR count). The molecule has 0 aliphatic rings. The van der Waals surface area contributed by atoms with Gasteiger partial charge in [-0.15, -0.1) is 0 Å². The smallest absolute Gasteiger partial charge is 0.251 e. The summed E-state index contributed by atoms with van der Waals surface area (Å²) < 4.78 is 38.7. The van der Waals surface area contributed by atoms with Gasteiger partial charge in [0.15, 0.2) is 0 Å². The van der Waals surface area contributed by atoms with E-state index in [1.165, 1.54) is 37.4 Å². The van der Waals surface area contributed by atoms with Crippen LogP contribution in [-0.4, -0.2) is 27.9 Å². The van der Waals surface area contributed by atoms with Crippen molar-refractivity contribution in [3.63, 3.8) is 0 Å². The summed E-state index contributed by atoms with van der Waals surface area (Å²) in [6, 6.07) is 10.0. The van der Waals surface area contributed by atoms with Crippen molar-refractivity contribution in [2.45, 2.75) is 11.3 Å². The third-order valence-electron chi connectivity index (χ3n) is 3.36. The summed E-state index contributed by atoms with van der Waals surface area (Å²) in [7, 11) is -2.48. The normalized spacial score (nSPS) is 11.3. The van der Waals surface area contributed by atoms with Crippen LogP contribution in [0, 0.1) is 5.82 Å². The predicted octanol–water partition coefficient (Wildman–Crippen LogP) is 2.36. The monoisotopic (exact) mass is 370 g/mol. The Bertz CT molecular complexity index is 839. The Morgan fingerprint density at radius 1 is 1.17 bits per heavy atom. The number of hydrogen-bond acceptors (Lipinski definition) is 3. The van der Waals surface area contributed by atoms with E-state index in [1.54, 1.807) is 12.1 Å². The number of rotatable bonds is 6. The maximum absolute atomic E-state index is 12.8. The molecule has 0 spiro atoms. The van der Waals surface area contributed by atoms with Crippen molar-refractivity contribution in [2.75, 3.05) is 13.6 Å². The first-order valence-electron chi connectivity index (χ1n) is 7.09. The fourth-order valence-electron chi connectivity index (χ4n) is 2.03. The lowest BCUT2D eigenvalue weighted by Crippen LogP contribution is -2.26. The van der Waals surface area contributed by atoms with Gasteiger partial charge in [0.05, 0.1) is 5.02 Å². The van der Waals surface area contributed by atoms with E-state index >= 15 is 0 Å². The quantitative estimate of drug-likeness (QED) is 0.819. The average molecular weight is 371 g/mol. The molecule has 0 aromatic heterocycles. The third-order valence-corrected chi connectivity index (χ3v) is 5.26. The zero-order valence-electron chi connectivity index (χ0n) is 12.8. The minimum atomic E-state index is -3.75. The standard InChI is InChI=1S/C16H16ClFN2O3S/c1-19-24(22,23)15-10-12(4-7-14(15)17)16(21)20-9-8-11-2-5-13(18)6-3-11/h2-7,10,19H,8-9H2,1H3,(H,20,21). The van der Waals surface area contributed by atoms with Gasteiger partial charge in [0.2, 0.25) is 10.0 Å². The number of halogens is 2. The van der Waals surface area contributed by atoms with Crippen LogP contribution in [0.1, 0.15) is 15.9 Å². The van der Waals surface area contributed by atoms with Crippen molar-refractivity contribution in [3.8, 4) is 0 Å². The number of sulfonamides is 1. The molecule has 128 valence electrons. The summed E-state index contributed by atoms with van der Waals surface area (Å²) >= 11 is 5.88. The second-order valence-corrected chi connectivity index (χ2v) is 7.25. The SMILES string of the molecule is CNS(=O)(=O)c1cc(C(=O)NCCc2ccc(F)cc2)ccc1Cl. The lowest BCUT2D eigenvalue weighted by molar-refractivity contribution is 0.0954. The second kappa shape index (κ2) is 7.74. The molecular weight excluding hydrogens is 355 g/mol. The summed E-state index contributed by atoms with van der Waals surface area (Å²) in [6.45, 7) is 0.335. The van der Waals surface area contributed by atoms with Crippen LogP contribution in [0.3, 0.4) is 0 Å². The topological polar surface area (TPSA) is 75.3 Å². The van der Waals surface area contributed by atoms with E-state index in [0.29, 0.717) is 13.0 Å². The number of nitrogens with one attached hydrogen (secondary N) is 2. The summed E-state index contributed by atoms with van der Waals surface area (Å²) in [5, 5.41) is 2.72. The molecule has 0 aliphatic carbocycles. The highest BCUT2D eigenvalue weighted by Gasteiger charge is 2.18. The van der Waals surface area contributed by atoms with Crippen molar-refractivity contribution >= 4 is 27.5 Å². The zero-order valence-corrected chi connectivity index (χ0v) is 14.4. The molecule has 0 radical (unpaired) electrons. The van der Waals surface area contributed by atoms with Crippen molar-refractivity contribution in [1.29, 1.82) is 0 Å². The van der Waals surface area contributed by atoms with Crippen LogP contribution < -0.4 is 10.0 Å². The molecule has 8 heteroatoms. The maximum atomic E-state index is 12.8. The Hall–Kier alpha value is -1.96. The molecule has 2 N–H and O–H groups in total. The summed E-state index contributed by atoms with van der Waals surface area (Å²) in [5.74, 6) is -0.733. The van der Waals surface area contributed by atoms with Crippen molar-refractivity contribution in [1.82, 2.24) is 10.0 Å². The molecule has 0 fully saturated rings. The highest BCUT2D eigenvalue weighted by Crippen LogP contribution is 2.22. The lowest BCUT2D eigenvalue weighted by Gasteiger charge is -2.09. The predicted molar refractivity (Wildman–Crippen MR) is 90.1 cm³/mol. The largest absolute Gasteiger partial charge is 0.352 e. The van der Waals surface area contributed by atoms with Gasteiger partial charge in [0, 0.05) is 12.1 Å². The van der Waals surface area contributed by atoms with E-state index in [0.717, 1.165) is 5.56 Å². The summed E-state index contributed by atoms with van der Waals surface area (Å²) in [5.41, 5.74) is 1.07. The number of amides is 1. The lowest BCUT2D eigenvalue weighted by atomic mass is 10.1. The van der Waals surface area contributed by atoms with E-state index in [2.05, 4.69) is 10.0 Å². The van der Waals surface area contributed by atoms with Gasteiger partial charge in [-0.1, -0.05) is 23.7 Å².